The van der Waals surface area contributed by atoms with Crippen molar-refractivity contribution in [1.82, 2.24) is 20.2 Å². The Bertz CT molecular complexity index is 663. The Labute approximate surface area is 114 Å². The maximum absolute atomic E-state index is 5.89. The third kappa shape index (κ3) is 2.56. The van der Waals surface area contributed by atoms with Crippen molar-refractivity contribution in [2.75, 3.05) is 5.32 Å². The van der Waals surface area contributed by atoms with Crippen LogP contribution in [0, 0.1) is 0 Å². The van der Waals surface area contributed by atoms with Crippen LogP contribution in [0.5, 0.6) is 0 Å². The number of hydrogen-bond acceptors (Lipinski definition) is 4. The number of aromatic nitrogens is 4. The fraction of sp³-hybridized carbons (Fsp3) is 0. The van der Waals surface area contributed by atoms with E-state index in [1.54, 1.807) is 18.6 Å². The molecule has 0 fully saturated rings. The normalized spacial score (nSPS) is 10.4. The van der Waals surface area contributed by atoms with Crippen LogP contribution in [0.3, 0.4) is 0 Å². The molecule has 94 valence electrons. The second kappa shape index (κ2) is 5.07. The summed E-state index contributed by atoms with van der Waals surface area (Å²) in [5.74, 6) is 0.789. The number of nitrogens with zero attached hydrogens (tertiary/aromatic N) is 3. The summed E-state index contributed by atoms with van der Waals surface area (Å²) in [6.45, 7) is 0. The zero-order valence-electron chi connectivity index (χ0n) is 9.84. The number of hydrogen-bond donors (Lipinski definition) is 2. The lowest BCUT2D eigenvalue weighted by Gasteiger charge is -2.06. The number of halogens is 1. The molecule has 0 aliphatic heterocycles. The molecule has 0 atom stereocenters. The summed E-state index contributed by atoms with van der Waals surface area (Å²) < 4.78 is 0. The molecule has 0 saturated carbocycles. The van der Waals surface area contributed by atoms with Crippen LogP contribution in [0.15, 0.2) is 49.2 Å². The fourth-order valence-electron chi connectivity index (χ4n) is 1.74. The summed E-state index contributed by atoms with van der Waals surface area (Å²) in [4.78, 5) is 7.91. The van der Waals surface area contributed by atoms with Gasteiger partial charge in [0.1, 0.15) is 12.1 Å². The van der Waals surface area contributed by atoms with Gasteiger partial charge in [0.15, 0.2) is 0 Å². The van der Waals surface area contributed by atoms with Crippen LogP contribution in [0.2, 0.25) is 5.02 Å². The largest absolute Gasteiger partial charge is 0.338 e. The van der Waals surface area contributed by atoms with Crippen LogP contribution in [0.4, 0.5) is 11.5 Å². The molecule has 19 heavy (non-hydrogen) atoms. The van der Waals surface area contributed by atoms with Gasteiger partial charge in [-0.25, -0.2) is 9.97 Å². The van der Waals surface area contributed by atoms with E-state index < -0.39 is 0 Å². The van der Waals surface area contributed by atoms with Gasteiger partial charge in [-0.3, -0.25) is 5.10 Å². The fourth-order valence-corrected chi connectivity index (χ4v) is 1.86. The number of H-pyrrole nitrogens is 1. The van der Waals surface area contributed by atoms with Crippen molar-refractivity contribution >= 4 is 23.1 Å². The zero-order valence-corrected chi connectivity index (χ0v) is 10.6. The molecule has 1 aromatic carbocycles. The van der Waals surface area contributed by atoms with E-state index in [1.807, 2.05) is 24.3 Å². The Hall–Kier alpha value is -2.40. The lowest BCUT2D eigenvalue weighted by Crippen LogP contribution is -1.94. The third-order valence-corrected chi connectivity index (χ3v) is 2.88. The second-order valence-electron chi connectivity index (χ2n) is 3.92. The quantitative estimate of drug-likeness (QED) is 0.767. The molecule has 2 heterocycles. The smallest absolute Gasteiger partial charge is 0.133 e. The topological polar surface area (TPSA) is 66.5 Å². The molecule has 3 aromatic rings. The van der Waals surface area contributed by atoms with E-state index in [-0.39, 0.29) is 0 Å². The summed E-state index contributed by atoms with van der Waals surface area (Å²) in [5.41, 5.74) is 2.78. The number of benzene rings is 1. The second-order valence-corrected chi connectivity index (χ2v) is 4.35. The lowest BCUT2D eigenvalue weighted by atomic mass is 10.1. The first-order valence-corrected chi connectivity index (χ1v) is 6.02. The van der Waals surface area contributed by atoms with Crippen LogP contribution in [-0.2, 0) is 0 Å². The summed E-state index contributed by atoms with van der Waals surface area (Å²) in [6, 6.07) is 7.58. The van der Waals surface area contributed by atoms with Gasteiger partial charge in [0.2, 0.25) is 0 Å². The van der Waals surface area contributed by atoms with E-state index in [2.05, 4.69) is 25.5 Å². The van der Waals surface area contributed by atoms with Gasteiger partial charge in [0, 0.05) is 10.6 Å². The molecule has 6 heteroatoms. The maximum atomic E-state index is 5.89. The van der Waals surface area contributed by atoms with Gasteiger partial charge in [0.25, 0.3) is 0 Å². The minimum Gasteiger partial charge on any atom is -0.338 e. The van der Waals surface area contributed by atoms with E-state index >= 15 is 0 Å². The molecular formula is C13H10ClN5. The molecule has 0 unspecified atom stereocenters. The molecule has 0 spiro atoms. The predicted molar refractivity (Wildman–Crippen MR) is 74.3 cm³/mol. The van der Waals surface area contributed by atoms with Crippen LogP contribution in [0.1, 0.15) is 0 Å². The van der Waals surface area contributed by atoms with Crippen LogP contribution in [0.25, 0.3) is 11.1 Å². The highest BCUT2D eigenvalue weighted by molar-refractivity contribution is 6.30. The average Bonchev–Trinajstić information content (AvgIpc) is 2.89. The van der Waals surface area contributed by atoms with Crippen molar-refractivity contribution in [3.05, 3.63) is 54.2 Å². The highest BCUT2D eigenvalue weighted by Gasteiger charge is 2.08. The van der Waals surface area contributed by atoms with Crippen molar-refractivity contribution in [2.24, 2.45) is 0 Å². The SMILES string of the molecule is Clc1ccc(-c2cn[nH]c2Nc2cncnc2)cc1. The molecule has 0 amide bonds. The summed E-state index contributed by atoms with van der Waals surface area (Å²) in [5, 5.41) is 10.9. The van der Waals surface area contributed by atoms with Gasteiger partial charge >= 0.3 is 0 Å². The maximum Gasteiger partial charge on any atom is 0.133 e. The van der Waals surface area contributed by atoms with Gasteiger partial charge in [-0.1, -0.05) is 23.7 Å². The summed E-state index contributed by atoms with van der Waals surface area (Å²) in [6.07, 6.45) is 6.63. The van der Waals surface area contributed by atoms with E-state index in [0.717, 1.165) is 22.6 Å². The lowest BCUT2D eigenvalue weighted by molar-refractivity contribution is 1.09. The van der Waals surface area contributed by atoms with Crippen molar-refractivity contribution in [3.63, 3.8) is 0 Å². The molecule has 2 aromatic heterocycles. The minimum atomic E-state index is 0.707. The Morgan fingerprint density at radius 1 is 1.00 bits per heavy atom. The van der Waals surface area contributed by atoms with Crippen molar-refractivity contribution in [3.8, 4) is 11.1 Å². The van der Waals surface area contributed by atoms with Crippen molar-refractivity contribution < 1.29 is 0 Å². The molecule has 5 nitrogen and oxygen atoms in total. The molecule has 0 bridgehead atoms. The zero-order chi connectivity index (χ0) is 13.1. The molecule has 0 saturated heterocycles. The molecule has 0 radical (unpaired) electrons. The third-order valence-electron chi connectivity index (χ3n) is 2.62. The summed E-state index contributed by atoms with van der Waals surface area (Å²) >= 11 is 5.89. The van der Waals surface area contributed by atoms with Gasteiger partial charge in [-0.2, -0.15) is 5.10 Å². The summed E-state index contributed by atoms with van der Waals surface area (Å²) in [7, 11) is 0. The number of anilines is 2. The molecule has 0 aliphatic carbocycles. The minimum absolute atomic E-state index is 0.707. The first kappa shape index (κ1) is 11.7. The van der Waals surface area contributed by atoms with Gasteiger partial charge in [-0.05, 0) is 17.7 Å². The predicted octanol–water partition coefficient (Wildman–Crippen LogP) is 3.26. The van der Waals surface area contributed by atoms with E-state index in [1.165, 1.54) is 6.33 Å². The Morgan fingerprint density at radius 3 is 2.47 bits per heavy atom. The van der Waals surface area contributed by atoms with E-state index in [0.29, 0.717) is 5.02 Å². The monoisotopic (exact) mass is 271 g/mol. The van der Waals surface area contributed by atoms with E-state index in [9.17, 15) is 0 Å². The van der Waals surface area contributed by atoms with Crippen molar-refractivity contribution in [1.29, 1.82) is 0 Å². The van der Waals surface area contributed by atoms with E-state index in [4.69, 9.17) is 11.6 Å². The molecule has 2 N–H and O–H groups in total. The number of rotatable bonds is 3. The van der Waals surface area contributed by atoms with Crippen LogP contribution >= 0.6 is 11.6 Å². The van der Waals surface area contributed by atoms with Gasteiger partial charge in [0.05, 0.1) is 24.3 Å². The first-order chi connectivity index (χ1) is 9.33. The number of aromatic amines is 1. The van der Waals surface area contributed by atoms with Gasteiger partial charge < -0.3 is 5.32 Å². The highest BCUT2D eigenvalue weighted by Crippen LogP contribution is 2.28. The number of nitrogens with one attached hydrogen (secondary N) is 2. The first-order valence-electron chi connectivity index (χ1n) is 5.64. The van der Waals surface area contributed by atoms with Crippen molar-refractivity contribution in [2.45, 2.75) is 0 Å². The van der Waals surface area contributed by atoms with Crippen LogP contribution in [-0.4, -0.2) is 20.2 Å². The van der Waals surface area contributed by atoms with Crippen LogP contribution < -0.4 is 5.32 Å². The Kier molecular flexibility index (Phi) is 3.12. The molecule has 0 aliphatic rings. The standard InChI is InChI=1S/C13H10ClN5/c14-10-3-1-9(2-4-10)12-7-17-19-13(12)18-11-5-15-8-16-6-11/h1-8H,(H2,17,18,19). The average molecular weight is 272 g/mol. The molecular weight excluding hydrogens is 262 g/mol. The highest BCUT2D eigenvalue weighted by atomic mass is 35.5. The Balaban J connectivity index is 1.92. The molecule has 3 rings (SSSR count). The van der Waals surface area contributed by atoms with Gasteiger partial charge in [-0.15, -0.1) is 0 Å². The Morgan fingerprint density at radius 2 is 1.74 bits per heavy atom.